The number of benzene rings is 2. The first-order valence-corrected chi connectivity index (χ1v) is 11.4. The van der Waals surface area contributed by atoms with E-state index in [1.807, 2.05) is 6.07 Å². The molecule has 1 atom stereocenters. The molecule has 1 aliphatic heterocycles. The van der Waals surface area contributed by atoms with Crippen LogP contribution in [-0.2, 0) is 16.2 Å². The lowest BCUT2D eigenvalue weighted by atomic mass is 9.81. The lowest BCUT2D eigenvalue weighted by Gasteiger charge is -2.32. The van der Waals surface area contributed by atoms with Crippen molar-refractivity contribution in [2.75, 3.05) is 6.61 Å². The molecule has 1 saturated carbocycles. The van der Waals surface area contributed by atoms with Gasteiger partial charge in [-0.15, -0.1) is 0 Å². The van der Waals surface area contributed by atoms with E-state index in [9.17, 15) is 18.0 Å². The summed E-state index contributed by atoms with van der Waals surface area (Å²) >= 11 is 0. The van der Waals surface area contributed by atoms with Crippen LogP contribution in [0.25, 0.3) is 10.9 Å². The van der Waals surface area contributed by atoms with Crippen LogP contribution in [0.4, 0.5) is 13.2 Å². The summed E-state index contributed by atoms with van der Waals surface area (Å²) in [4.78, 5) is 18.8. The van der Waals surface area contributed by atoms with Gasteiger partial charge in [0.1, 0.15) is 17.5 Å². The Kier molecular flexibility index (Phi) is 6.00. The van der Waals surface area contributed by atoms with Crippen molar-refractivity contribution in [2.24, 2.45) is 11.8 Å². The van der Waals surface area contributed by atoms with Crippen molar-refractivity contribution in [2.45, 2.75) is 44.7 Å². The van der Waals surface area contributed by atoms with Gasteiger partial charge in [-0.1, -0.05) is 0 Å². The second-order valence-corrected chi connectivity index (χ2v) is 9.05. The number of hydrogen-bond donors (Lipinski definition) is 0. The number of nitriles is 1. The van der Waals surface area contributed by atoms with Gasteiger partial charge in [0.2, 0.25) is 5.91 Å². The number of carbonyl (C=O) groups excluding carboxylic acids is 1. The van der Waals surface area contributed by atoms with Crippen molar-refractivity contribution in [3.8, 4) is 6.07 Å². The summed E-state index contributed by atoms with van der Waals surface area (Å²) < 4.78 is 43.3. The fourth-order valence-electron chi connectivity index (χ4n) is 5.12. The van der Waals surface area contributed by atoms with Gasteiger partial charge in [-0.25, -0.2) is 18.2 Å². The van der Waals surface area contributed by atoms with E-state index in [0.29, 0.717) is 48.9 Å². The first-order valence-electron chi connectivity index (χ1n) is 11.4. The van der Waals surface area contributed by atoms with Gasteiger partial charge in [-0.05, 0) is 61.4 Å². The number of amides is 1. The Hall–Kier alpha value is -3.38. The van der Waals surface area contributed by atoms with E-state index in [2.05, 4.69) is 5.10 Å². The zero-order valence-corrected chi connectivity index (χ0v) is 18.4. The minimum Gasteiger partial charge on any atom is -0.272 e. The summed E-state index contributed by atoms with van der Waals surface area (Å²) in [6.45, 7) is 0.891. The van der Waals surface area contributed by atoms with E-state index >= 15 is 0 Å². The number of hydroxylamine groups is 2. The number of rotatable bonds is 4. The lowest BCUT2D eigenvalue weighted by Crippen LogP contribution is -2.37. The minimum absolute atomic E-state index is 0.157. The summed E-state index contributed by atoms with van der Waals surface area (Å²) in [5.74, 6) is -1.95. The van der Waals surface area contributed by atoms with E-state index < -0.39 is 23.5 Å². The Balaban J connectivity index is 1.24. The molecule has 0 radical (unpaired) electrons. The fourth-order valence-corrected chi connectivity index (χ4v) is 5.12. The Labute approximate surface area is 194 Å². The maximum absolute atomic E-state index is 14.2. The van der Waals surface area contributed by atoms with Crippen LogP contribution in [0, 0.1) is 40.6 Å². The van der Waals surface area contributed by atoms with Gasteiger partial charge in [0, 0.05) is 24.9 Å². The number of fused-ring (bicyclic) bond motifs is 1. The third kappa shape index (κ3) is 4.26. The average molecular weight is 468 g/mol. The zero-order chi connectivity index (χ0) is 23.8. The standard InChI is InChI=1S/C25H23F3N4O2/c26-19-9-18(10-20(27)11-19)23-5-6-34-32(23)25(33)17-3-1-15(2-4-17)14-31-24-8-16(12-29)7-22(28)21(24)13-30-31/h7-11,13,15,17,23H,1-6,14H2/t15?,17?,23-/m0/s1. The maximum Gasteiger partial charge on any atom is 0.249 e. The number of carbonyl (C=O) groups is 1. The molecular formula is C25H23F3N4O2. The Morgan fingerprint density at radius 1 is 1.06 bits per heavy atom. The highest BCUT2D eigenvalue weighted by molar-refractivity contribution is 5.81. The van der Waals surface area contributed by atoms with Crippen LogP contribution < -0.4 is 0 Å². The van der Waals surface area contributed by atoms with Crippen LogP contribution in [-0.4, -0.2) is 27.4 Å². The quantitative estimate of drug-likeness (QED) is 0.538. The Morgan fingerprint density at radius 2 is 1.79 bits per heavy atom. The monoisotopic (exact) mass is 468 g/mol. The van der Waals surface area contributed by atoms with Crippen LogP contribution >= 0.6 is 0 Å². The van der Waals surface area contributed by atoms with Gasteiger partial charge in [0.05, 0.1) is 41.4 Å². The predicted molar refractivity (Wildman–Crippen MR) is 116 cm³/mol. The largest absolute Gasteiger partial charge is 0.272 e. The molecule has 2 heterocycles. The topological polar surface area (TPSA) is 71.2 Å². The zero-order valence-electron chi connectivity index (χ0n) is 18.4. The van der Waals surface area contributed by atoms with E-state index in [0.717, 1.165) is 18.9 Å². The minimum atomic E-state index is -0.678. The SMILES string of the molecule is N#Cc1cc(F)c2cnn(CC3CCC(C(=O)N4OCC[C@H]4c4cc(F)cc(F)c4)CC3)c2c1. The molecule has 2 aromatic carbocycles. The lowest BCUT2D eigenvalue weighted by molar-refractivity contribution is -0.183. The van der Waals surface area contributed by atoms with E-state index in [4.69, 9.17) is 10.1 Å². The molecule has 1 saturated heterocycles. The first kappa shape index (κ1) is 22.4. The van der Waals surface area contributed by atoms with Crippen LogP contribution in [0.3, 0.4) is 0 Å². The van der Waals surface area contributed by atoms with Gasteiger partial charge < -0.3 is 0 Å². The number of aromatic nitrogens is 2. The van der Waals surface area contributed by atoms with Crippen LogP contribution in [0.1, 0.15) is 49.3 Å². The van der Waals surface area contributed by atoms with Crippen molar-refractivity contribution in [3.05, 3.63) is 65.1 Å². The molecular weight excluding hydrogens is 445 g/mol. The summed E-state index contributed by atoms with van der Waals surface area (Å²) in [5, 5.41) is 15.1. The number of nitrogens with zero attached hydrogens (tertiary/aromatic N) is 4. The highest BCUT2D eigenvalue weighted by Crippen LogP contribution is 2.37. The molecule has 0 spiro atoms. The second-order valence-electron chi connectivity index (χ2n) is 9.05. The second kappa shape index (κ2) is 9.11. The van der Waals surface area contributed by atoms with Gasteiger partial charge in [-0.2, -0.15) is 10.4 Å². The summed E-state index contributed by atoms with van der Waals surface area (Å²) in [5.41, 5.74) is 1.23. The van der Waals surface area contributed by atoms with Gasteiger partial charge >= 0.3 is 0 Å². The summed E-state index contributed by atoms with van der Waals surface area (Å²) in [6, 6.07) is 7.61. The molecule has 5 rings (SSSR count). The van der Waals surface area contributed by atoms with E-state index in [1.165, 1.54) is 29.5 Å². The first-order chi connectivity index (χ1) is 16.4. The molecule has 3 aromatic rings. The molecule has 1 amide bonds. The molecule has 1 aromatic heterocycles. The molecule has 176 valence electrons. The molecule has 0 bridgehead atoms. The average Bonchev–Trinajstić information content (AvgIpc) is 3.46. The summed E-state index contributed by atoms with van der Waals surface area (Å²) in [7, 11) is 0. The molecule has 34 heavy (non-hydrogen) atoms. The van der Waals surface area contributed by atoms with Crippen LogP contribution in [0.5, 0.6) is 0 Å². The van der Waals surface area contributed by atoms with Gasteiger partial charge in [-0.3, -0.25) is 14.3 Å². The van der Waals surface area contributed by atoms with Crippen LogP contribution in [0.2, 0.25) is 0 Å². The van der Waals surface area contributed by atoms with Crippen molar-refractivity contribution in [1.82, 2.24) is 14.8 Å². The fraction of sp³-hybridized carbons (Fsp3) is 0.400. The number of hydrogen-bond acceptors (Lipinski definition) is 4. The predicted octanol–water partition coefficient (Wildman–Crippen LogP) is 5.04. The van der Waals surface area contributed by atoms with Gasteiger partial charge in [0.15, 0.2) is 0 Å². The highest BCUT2D eigenvalue weighted by Gasteiger charge is 2.37. The molecule has 6 nitrogen and oxygen atoms in total. The molecule has 0 N–H and O–H groups in total. The highest BCUT2D eigenvalue weighted by atomic mass is 19.1. The third-order valence-corrected chi connectivity index (χ3v) is 6.86. The molecule has 2 aliphatic rings. The smallest absolute Gasteiger partial charge is 0.249 e. The molecule has 9 heteroatoms. The van der Waals surface area contributed by atoms with Crippen molar-refractivity contribution < 1.29 is 22.8 Å². The summed E-state index contributed by atoms with van der Waals surface area (Å²) in [6.07, 6.45) is 4.84. The maximum atomic E-state index is 14.2. The van der Waals surface area contributed by atoms with Crippen molar-refractivity contribution in [1.29, 1.82) is 5.26 Å². The number of halogens is 3. The van der Waals surface area contributed by atoms with Crippen LogP contribution in [0.15, 0.2) is 36.5 Å². The molecule has 0 unspecified atom stereocenters. The Bertz CT molecular complexity index is 1260. The third-order valence-electron chi connectivity index (χ3n) is 6.86. The molecule has 2 fully saturated rings. The van der Waals surface area contributed by atoms with Crippen molar-refractivity contribution >= 4 is 16.8 Å². The van der Waals surface area contributed by atoms with E-state index in [-0.39, 0.29) is 23.3 Å². The Morgan fingerprint density at radius 3 is 2.50 bits per heavy atom. The van der Waals surface area contributed by atoms with Gasteiger partial charge in [0.25, 0.3) is 0 Å². The molecule has 1 aliphatic carbocycles. The normalized spacial score (nSPS) is 22.8. The van der Waals surface area contributed by atoms with Crippen molar-refractivity contribution in [3.63, 3.8) is 0 Å². The van der Waals surface area contributed by atoms with E-state index in [1.54, 1.807) is 10.7 Å².